The van der Waals surface area contributed by atoms with E-state index in [-0.39, 0.29) is 0 Å². The number of furan rings is 1. The summed E-state index contributed by atoms with van der Waals surface area (Å²) in [6.45, 7) is 2.97. The van der Waals surface area contributed by atoms with Gasteiger partial charge in [0.05, 0.1) is 6.26 Å². The zero-order chi connectivity index (χ0) is 9.26. The Kier molecular flexibility index (Phi) is 2.40. The van der Waals surface area contributed by atoms with Crippen LogP contribution in [-0.2, 0) is 6.42 Å². The summed E-state index contributed by atoms with van der Waals surface area (Å²) >= 11 is 0. The molecule has 13 heavy (non-hydrogen) atoms. The maximum Gasteiger partial charge on any atom is 0.110 e. The molecule has 0 spiro atoms. The van der Waals surface area contributed by atoms with E-state index in [1.165, 1.54) is 30.6 Å². The van der Waals surface area contributed by atoms with Crippen LogP contribution in [0.15, 0.2) is 16.7 Å². The van der Waals surface area contributed by atoms with Gasteiger partial charge in [-0.05, 0) is 43.4 Å². The third kappa shape index (κ3) is 1.51. The summed E-state index contributed by atoms with van der Waals surface area (Å²) in [6.07, 6.45) is 5.51. The van der Waals surface area contributed by atoms with Gasteiger partial charge in [0, 0.05) is 5.92 Å². The molecule has 2 N–H and O–H groups in total. The monoisotopic (exact) mass is 179 g/mol. The summed E-state index contributed by atoms with van der Waals surface area (Å²) in [4.78, 5) is 0. The fourth-order valence-electron chi connectivity index (χ4n) is 2.23. The minimum atomic E-state index is 0.546. The normalized spacial score (nSPS) is 24.0. The molecule has 0 saturated heterocycles. The van der Waals surface area contributed by atoms with Gasteiger partial charge in [0.15, 0.2) is 0 Å². The summed E-state index contributed by atoms with van der Waals surface area (Å²) < 4.78 is 5.54. The van der Waals surface area contributed by atoms with Crippen molar-refractivity contribution in [3.63, 3.8) is 0 Å². The summed E-state index contributed by atoms with van der Waals surface area (Å²) in [7, 11) is 0. The third-order valence-electron chi connectivity index (χ3n) is 3.14. The van der Waals surface area contributed by atoms with Crippen LogP contribution in [0.3, 0.4) is 0 Å². The first-order valence-electron chi connectivity index (χ1n) is 5.09. The lowest BCUT2D eigenvalue weighted by atomic mass is 9.81. The van der Waals surface area contributed by atoms with E-state index in [4.69, 9.17) is 10.2 Å². The summed E-state index contributed by atoms with van der Waals surface area (Å²) in [5.74, 6) is 2.30. The van der Waals surface area contributed by atoms with E-state index in [9.17, 15) is 0 Å². The zero-order valence-electron chi connectivity index (χ0n) is 8.12. The number of rotatable bonds is 2. The Morgan fingerprint density at radius 1 is 1.69 bits per heavy atom. The second-order valence-electron chi connectivity index (χ2n) is 4.02. The van der Waals surface area contributed by atoms with E-state index < -0.39 is 0 Å². The second kappa shape index (κ2) is 3.54. The first-order valence-corrected chi connectivity index (χ1v) is 5.09. The molecule has 1 aliphatic carbocycles. The highest BCUT2D eigenvalue weighted by Gasteiger charge is 2.26. The summed E-state index contributed by atoms with van der Waals surface area (Å²) in [5.41, 5.74) is 7.09. The van der Waals surface area contributed by atoms with Gasteiger partial charge in [0.2, 0.25) is 0 Å². The molecule has 1 aliphatic rings. The molecule has 2 rings (SSSR count). The molecule has 2 unspecified atom stereocenters. The summed E-state index contributed by atoms with van der Waals surface area (Å²) in [5, 5.41) is 0. The predicted molar refractivity (Wildman–Crippen MR) is 52.6 cm³/mol. The molecular weight excluding hydrogens is 162 g/mol. The highest BCUT2D eigenvalue weighted by atomic mass is 16.3. The maximum atomic E-state index is 5.69. The quantitative estimate of drug-likeness (QED) is 0.756. The van der Waals surface area contributed by atoms with Crippen molar-refractivity contribution in [1.82, 2.24) is 0 Å². The average Bonchev–Trinajstić information content (AvgIpc) is 2.63. The van der Waals surface area contributed by atoms with Gasteiger partial charge in [0.25, 0.3) is 0 Å². The molecular formula is C11H17NO. The van der Waals surface area contributed by atoms with Crippen LogP contribution < -0.4 is 5.73 Å². The molecule has 2 nitrogen and oxygen atoms in total. The predicted octanol–water partition coefficient (Wildman–Crippen LogP) is 2.29. The fraction of sp³-hybridized carbons (Fsp3) is 0.636. The van der Waals surface area contributed by atoms with Crippen LogP contribution >= 0.6 is 0 Å². The summed E-state index contributed by atoms with van der Waals surface area (Å²) in [6, 6.07) is 2.10. The van der Waals surface area contributed by atoms with Crippen molar-refractivity contribution >= 4 is 0 Å². The van der Waals surface area contributed by atoms with E-state index in [1.807, 2.05) is 6.26 Å². The fourth-order valence-corrected chi connectivity index (χ4v) is 2.23. The SMILES string of the molecule is CC(CN)C1CCCc2ccoc21. The Bertz CT molecular complexity index is 279. The van der Waals surface area contributed by atoms with Crippen LogP contribution in [0.1, 0.15) is 37.0 Å². The maximum absolute atomic E-state index is 5.69. The van der Waals surface area contributed by atoms with Crippen LogP contribution in [0.4, 0.5) is 0 Å². The van der Waals surface area contributed by atoms with Gasteiger partial charge in [-0.2, -0.15) is 0 Å². The van der Waals surface area contributed by atoms with Crippen molar-refractivity contribution < 1.29 is 4.42 Å². The van der Waals surface area contributed by atoms with Crippen LogP contribution in [0.5, 0.6) is 0 Å². The third-order valence-corrected chi connectivity index (χ3v) is 3.14. The van der Waals surface area contributed by atoms with E-state index in [0.29, 0.717) is 11.8 Å². The molecule has 2 heteroatoms. The van der Waals surface area contributed by atoms with Crippen molar-refractivity contribution in [3.05, 3.63) is 23.7 Å². The smallest absolute Gasteiger partial charge is 0.110 e. The molecule has 0 aromatic carbocycles. The Balaban J connectivity index is 2.24. The molecule has 0 amide bonds. The van der Waals surface area contributed by atoms with Crippen LogP contribution in [-0.4, -0.2) is 6.54 Å². The first-order chi connectivity index (χ1) is 6.33. The highest BCUT2D eigenvalue weighted by molar-refractivity contribution is 5.24. The van der Waals surface area contributed by atoms with Crippen LogP contribution in [0.2, 0.25) is 0 Å². The Morgan fingerprint density at radius 3 is 3.31 bits per heavy atom. The Morgan fingerprint density at radius 2 is 2.54 bits per heavy atom. The zero-order valence-corrected chi connectivity index (χ0v) is 8.12. The molecule has 0 fully saturated rings. The van der Waals surface area contributed by atoms with Crippen LogP contribution in [0, 0.1) is 5.92 Å². The van der Waals surface area contributed by atoms with Crippen LogP contribution in [0.25, 0.3) is 0 Å². The van der Waals surface area contributed by atoms with Crippen molar-refractivity contribution in [2.45, 2.75) is 32.1 Å². The van der Waals surface area contributed by atoms with Crippen molar-refractivity contribution in [1.29, 1.82) is 0 Å². The van der Waals surface area contributed by atoms with Gasteiger partial charge in [-0.1, -0.05) is 6.92 Å². The molecule has 1 aromatic rings. The molecule has 72 valence electrons. The molecule has 0 saturated carbocycles. The van der Waals surface area contributed by atoms with Gasteiger partial charge in [-0.15, -0.1) is 0 Å². The van der Waals surface area contributed by atoms with E-state index in [1.54, 1.807) is 0 Å². The van der Waals surface area contributed by atoms with Gasteiger partial charge in [0.1, 0.15) is 5.76 Å². The van der Waals surface area contributed by atoms with Gasteiger partial charge in [-0.3, -0.25) is 0 Å². The standard InChI is InChI=1S/C11H17NO/c1-8(7-12)10-4-2-3-9-5-6-13-11(9)10/h5-6,8,10H,2-4,7,12H2,1H3. The van der Waals surface area contributed by atoms with E-state index in [0.717, 1.165) is 6.54 Å². The largest absolute Gasteiger partial charge is 0.469 e. The lowest BCUT2D eigenvalue weighted by Crippen LogP contribution is -2.21. The Hall–Kier alpha value is -0.760. The molecule has 0 aliphatic heterocycles. The van der Waals surface area contributed by atoms with E-state index >= 15 is 0 Å². The van der Waals surface area contributed by atoms with Crippen molar-refractivity contribution in [2.75, 3.05) is 6.54 Å². The van der Waals surface area contributed by atoms with Crippen molar-refractivity contribution in [3.8, 4) is 0 Å². The first kappa shape index (κ1) is 8.82. The molecule has 1 aromatic heterocycles. The average molecular weight is 179 g/mol. The lowest BCUT2D eigenvalue weighted by molar-refractivity contribution is 0.341. The number of hydrogen-bond acceptors (Lipinski definition) is 2. The minimum absolute atomic E-state index is 0.546. The number of hydrogen-bond donors (Lipinski definition) is 1. The number of nitrogens with two attached hydrogens (primary N) is 1. The second-order valence-corrected chi connectivity index (χ2v) is 4.02. The Labute approximate surface area is 79.1 Å². The molecule has 0 bridgehead atoms. The number of fused-ring (bicyclic) bond motifs is 1. The molecule has 2 atom stereocenters. The lowest BCUT2D eigenvalue weighted by Gasteiger charge is -2.25. The van der Waals surface area contributed by atoms with Crippen molar-refractivity contribution in [2.24, 2.45) is 11.7 Å². The van der Waals surface area contributed by atoms with Gasteiger partial charge < -0.3 is 10.2 Å². The topological polar surface area (TPSA) is 39.2 Å². The van der Waals surface area contributed by atoms with E-state index in [2.05, 4.69) is 13.0 Å². The van der Waals surface area contributed by atoms with Gasteiger partial charge in [-0.25, -0.2) is 0 Å². The molecule has 1 heterocycles. The number of aryl methyl sites for hydroxylation is 1. The minimum Gasteiger partial charge on any atom is -0.469 e. The molecule has 0 radical (unpaired) electrons. The van der Waals surface area contributed by atoms with Gasteiger partial charge >= 0.3 is 0 Å². The highest BCUT2D eigenvalue weighted by Crippen LogP contribution is 2.36.